The van der Waals surface area contributed by atoms with Crippen molar-refractivity contribution in [1.29, 1.82) is 0 Å². The maximum atomic E-state index is 4.69. The molecule has 466 valence electrons. The lowest BCUT2D eigenvalue weighted by Gasteiger charge is -2.41. The van der Waals surface area contributed by atoms with Gasteiger partial charge in [-0.3, -0.25) is 0 Å². The van der Waals surface area contributed by atoms with Gasteiger partial charge in [0.05, 0.1) is 82.0 Å². The third-order valence-corrected chi connectivity index (χ3v) is 20.6. The Morgan fingerprint density at radius 1 is 0.340 bits per heavy atom. The SMILES string of the molecule is C1=CC2=[N+]3C1=C(c1ccccc1CCCn1cnc4cncnc41)c1ccc4n1C31n3c(ccc3=C(c3ccccc3CCCn3cnc5cncnc53)C3=[N+]1C(=C4c1ccccc1CCCn1cnc4cncnc41)C=C3)=C2c1ccccc1CCCn1ccc2cncnc21. The van der Waals surface area contributed by atoms with Crippen LogP contribution in [0.3, 0.4) is 0 Å². The Kier molecular flexibility index (Phi) is 12.5. The summed E-state index contributed by atoms with van der Waals surface area (Å²) in [6.45, 7) is 3.11. The van der Waals surface area contributed by atoms with E-state index in [1.807, 2.05) is 25.2 Å². The van der Waals surface area contributed by atoms with E-state index in [1.165, 1.54) is 66.8 Å². The topological polar surface area (TPSA) is 177 Å². The molecule has 0 N–H and O–H groups in total. The van der Waals surface area contributed by atoms with E-state index in [2.05, 4.69) is 244 Å². The highest BCUT2D eigenvalue weighted by molar-refractivity contribution is 6.30. The average molecular weight is 1260 g/mol. The molecule has 0 amide bonds. The molecule has 0 saturated heterocycles. The molecule has 1 spiro atoms. The quantitative estimate of drug-likeness (QED) is 0.0664. The van der Waals surface area contributed by atoms with E-state index in [1.54, 1.807) is 43.9 Å². The van der Waals surface area contributed by atoms with Gasteiger partial charge in [-0.2, -0.15) is 9.13 Å². The normalized spacial score (nSPS) is 16.3. The highest BCUT2D eigenvalue weighted by Crippen LogP contribution is 2.54. The van der Waals surface area contributed by atoms with Crippen LogP contribution in [0.5, 0.6) is 0 Å². The first-order valence-electron chi connectivity index (χ1n) is 33.5. The van der Waals surface area contributed by atoms with Crippen LogP contribution in [0.25, 0.3) is 66.8 Å². The summed E-state index contributed by atoms with van der Waals surface area (Å²) >= 11 is 0. The van der Waals surface area contributed by atoms with Crippen molar-refractivity contribution < 1.29 is 9.15 Å². The monoisotopic (exact) mass is 1260 g/mol. The molecule has 0 fully saturated rings. The van der Waals surface area contributed by atoms with Crippen molar-refractivity contribution in [1.82, 2.24) is 82.2 Å². The van der Waals surface area contributed by atoms with Crippen LogP contribution in [-0.2, 0) is 57.8 Å². The first-order chi connectivity index (χ1) is 48.2. The number of rotatable bonds is 20. The van der Waals surface area contributed by atoms with E-state index >= 15 is 0 Å². The second-order valence-corrected chi connectivity index (χ2v) is 25.7. The molecule has 1 unspecified atom stereocenters. The van der Waals surface area contributed by atoms with Gasteiger partial charge in [0.15, 0.2) is 16.9 Å². The molecule has 14 aromatic rings. The fraction of sp³-hybridized carbons (Fsp3) is 0.167. The predicted octanol–water partition coefficient (Wildman–Crippen LogP) is 10.1. The molecule has 0 radical (unpaired) electrons. The molecule has 0 aliphatic carbocycles. The second-order valence-electron chi connectivity index (χ2n) is 25.7. The van der Waals surface area contributed by atoms with Crippen LogP contribution >= 0.6 is 0 Å². The van der Waals surface area contributed by atoms with Crippen molar-refractivity contribution in [3.05, 3.63) is 305 Å². The lowest BCUT2D eigenvalue weighted by molar-refractivity contribution is -0.834. The number of hydrogen-bond donors (Lipinski definition) is 0. The van der Waals surface area contributed by atoms with Crippen LogP contribution in [0.2, 0.25) is 0 Å². The van der Waals surface area contributed by atoms with Gasteiger partial charge in [-0.15, -0.1) is 0 Å². The molecular formula is C78H61N19+2. The van der Waals surface area contributed by atoms with Crippen molar-refractivity contribution >= 4 is 78.2 Å². The third kappa shape index (κ3) is 8.30. The van der Waals surface area contributed by atoms with Gasteiger partial charge in [0.1, 0.15) is 47.5 Å². The number of aromatic nitrogens is 17. The maximum Gasteiger partial charge on any atom is 0.553 e. The minimum absolute atomic E-state index is 0.761. The Morgan fingerprint density at radius 3 is 1.15 bits per heavy atom. The van der Waals surface area contributed by atoms with E-state index in [0.29, 0.717) is 0 Å². The molecule has 10 aromatic heterocycles. The second kappa shape index (κ2) is 21.9. The Labute approximate surface area is 555 Å². The number of aryl methyl sites for hydroxylation is 8. The van der Waals surface area contributed by atoms with E-state index in [0.717, 1.165) is 167 Å². The molecule has 19 nitrogen and oxygen atoms in total. The molecule has 1 atom stereocenters. The van der Waals surface area contributed by atoms with Crippen molar-refractivity contribution in [3.63, 3.8) is 0 Å². The van der Waals surface area contributed by atoms with Gasteiger partial charge < -0.3 is 18.3 Å². The Balaban J connectivity index is 0.807. The predicted molar refractivity (Wildman–Crippen MR) is 370 cm³/mol. The minimum atomic E-state index is -1.01. The number of fused-ring (bicyclic) bond motifs is 4. The Hall–Kier alpha value is -12.3. The van der Waals surface area contributed by atoms with E-state index in [-0.39, 0.29) is 0 Å². The summed E-state index contributed by atoms with van der Waals surface area (Å²) in [5, 5.41) is 3.37. The number of allylic oxidation sites excluding steroid dienone is 4. The summed E-state index contributed by atoms with van der Waals surface area (Å²) in [6.07, 6.45) is 38.2. The zero-order chi connectivity index (χ0) is 63.7. The fourth-order valence-corrected chi connectivity index (χ4v) is 16.6. The van der Waals surface area contributed by atoms with Crippen LogP contribution in [0.4, 0.5) is 0 Å². The summed E-state index contributed by atoms with van der Waals surface area (Å²) in [7, 11) is 0. The molecule has 6 aliphatic heterocycles. The minimum Gasteiger partial charge on any atom is -0.332 e. The van der Waals surface area contributed by atoms with Crippen molar-refractivity contribution in [3.8, 4) is 0 Å². The molecule has 4 aromatic carbocycles. The summed E-state index contributed by atoms with van der Waals surface area (Å²) in [5.74, 6) is -1.01. The summed E-state index contributed by atoms with van der Waals surface area (Å²) in [4.78, 5) is 49.6. The highest BCUT2D eigenvalue weighted by Gasteiger charge is 2.73. The molecule has 97 heavy (non-hydrogen) atoms. The molecule has 19 heteroatoms. The number of nitrogens with zero attached hydrogens (tertiary/aromatic N) is 19. The summed E-state index contributed by atoms with van der Waals surface area (Å²) in [5.41, 5.74) is 27.7. The van der Waals surface area contributed by atoms with Crippen LogP contribution in [-0.4, -0.2) is 103 Å². The van der Waals surface area contributed by atoms with Gasteiger partial charge >= 0.3 is 5.91 Å². The third-order valence-electron chi connectivity index (χ3n) is 20.6. The first kappa shape index (κ1) is 55.2. The number of benzene rings is 4. The molecule has 16 heterocycles. The largest absolute Gasteiger partial charge is 0.553 e. The zero-order valence-corrected chi connectivity index (χ0v) is 52.8. The maximum absolute atomic E-state index is 4.69. The van der Waals surface area contributed by atoms with Gasteiger partial charge in [-0.1, -0.05) is 106 Å². The van der Waals surface area contributed by atoms with Crippen LogP contribution < -0.4 is 10.7 Å². The van der Waals surface area contributed by atoms with Gasteiger partial charge in [-0.05, 0) is 126 Å². The van der Waals surface area contributed by atoms with Gasteiger partial charge in [-0.25, -0.2) is 54.8 Å². The van der Waals surface area contributed by atoms with E-state index in [9.17, 15) is 0 Å². The fourth-order valence-electron chi connectivity index (χ4n) is 16.6. The van der Waals surface area contributed by atoms with Crippen molar-refractivity contribution in [2.45, 2.75) is 83.5 Å². The molecule has 20 rings (SSSR count). The standard InChI is InChI=1S/C78H61N19/c1-5-21-55(50(13-1)17-9-34-90-38-33-54-39-79-43-83-74(54)90)70-62-25-27-64-71(56-22-6-2-14-51(56)18-10-35-91-47-87-59-40-80-44-84-75(59)91)66-29-31-68-73(58-24-8-4-16-53(58)20-12-37-93-49-89-61-42-82-46-86-77(61)93)69-32-30-67-72(65-28-26-63(70)95(65)78(94(62)64,96(66)68)97(67)69)57-23-7-3-15-52(57)19-11-36-92-48-88-60-41-81-45-85-76(60)92/h1-8,13-16,21-33,38-49H,9-12,17-20,34-37H2/q+2. The lowest BCUT2D eigenvalue weighted by atomic mass is 9.88. The van der Waals surface area contributed by atoms with Crippen LogP contribution in [0.1, 0.15) is 81.6 Å². The van der Waals surface area contributed by atoms with E-state index < -0.39 is 5.91 Å². The Morgan fingerprint density at radius 2 is 0.722 bits per heavy atom. The number of hydrogen-bond acceptors (Lipinski definition) is 11. The highest BCUT2D eigenvalue weighted by atomic mass is 15.6. The van der Waals surface area contributed by atoms with Gasteiger partial charge in [0.2, 0.25) is 22.8 Å². The van der Waals surface area contributed by atoms with Crippen LogP contribution in [0, 0.1) is 0 Å². The van der Waals surface area contributed by atoms with Crippen LogP contribution in [0.15, 0.2) is 238 Å². The first-order valence-corrected chi connectivity index (χ1v) is 33.5. The molecular weight excluding hydrogens is 1200 g/mol. The van der Waals surface area contributed by atoms with Crippen molar-refractivity contribution in [2.75, 3.05) is 0 Å². The zero-order valence-electron chi connectivity index (χ0n) is 52.8. The van der Waals surface area contributed by atoms with Crippen molar-refractivity contribution in [2.24, 2.45) is 0 Å². The lowest BCUT2D eigenvalue weighted by Crippen LogP contribution is -2.71. The van der Waals surface area contributed by atoms with Gasteiger partial charge in [0.25, 0.3) is 0 Å². The summed E-state index contributed by atoms with van der Waals surface area (Å²) < 4.78 is 19.7. The molecule has 6 aliphatic rings. The Bertz CT molecular complexity index is 5650. The van der Waals surface area contributed by atoms with E-state index in [4.69, 9.17) is 4.98 Å². The molecule has 0 saturated carbocycles. The van der Waals surface area contributed by atoms with Gasteiger partial charge in [0, 0.05) is 68.3 Å². The molecule has 0 bridgehead atoms. The summed E-state index contributed by atoms with van der Waals surface area (Å²) in [6, 6.07) is 48.3. The number of imidazole rings is 3. The average Bonchev–Trinajstić information content (AvgIpc) is 1.53. The smallest absolute Gasteiger partial charge is 0.332 e.